The number of rotatable bonds is 11. The van der Waals surface area contributed by atoms with Gasteiger partial charge < -0.3 is 10.6 Å². The van der Waals surface area contributed by atoms with Crippen molar-refractivity contribution in [3.8, 4) is 0 Å². The van der Waals surface area contributed by atoms with Crippen molar-refractivity contribution in [2.75, 3.05) is 13.1 Å². The molecule has 0 unspecified atom stereocenters. The number of H-pyrrole nitrogens is 1. The van der Waals surface area contributed by atoms with Crippen LogP contribution in [0.1, 0.15) is 64.5 Å². The van der Waals surface area contributed by atoms with Gasteiger partial charge in [0.25, 0.3) is 0 Å². The number of guanidine groups is 1. The van der Waals surface area contributed by atoms with Gasteiger partial charge in [0.05, 0.1) is 12.2 Å². The average molecular weight is 421 g/mol. The molecule has 0 aliphatic rings. The highest BCUT2D eigenvalue weighted by atomic mass is 127. The fourth-order valence-electron chi connectivity index (χ4n) is 2.17. The maximum Gasteiger partial charge on any atom is 0.191 e. The lowest BCUT2D eigenvalue weighted by molar-refractivity contribution is 0.583. The summed E-state index contributed by atoms with van der Waals surface area (Å²) in [5.41, 5.74) is 1.03. The molecule has 1 heterocycles. The largest absolute Gasteiger partial charge is 0.357 e. The van der Waals surface area contributed by atoms with E-state index in [0.717, 1.165) is 24.7 Å². The molecule has 0 amide bonds. The molecule has 128 valence electrons. The highest BCUT2D eigenvalue weighted by Gasteiger charge is 1.98. The first-order valence-corrected chi connectivity index (χ1v) is 8.37. The third kappa shape index (κ3) is 10.9. The van der Waals surface area contributed by atoms with Crippen molar-refractivity contribution in [1.29, 1.82) is 0 Å². The number of aliphatic imine (C=N–C) groups is 1. The van der Waals surface area contributed by atoms with Gasteiger partial charge in [0.15, 0.2) is 5.96 Å². The summed E-state index contributed by atoms with van der Waals surface area (Å²) in [4.78, 5) is 4.54. The van der Waals surface area contributed by atoms with E-state index in [1.807, 2.05) is 6.07 Å². The van der Waals surface area contributed by atoms with Gasteiger partial charge in [-0.15, -0.1) is 24.0 Å². The molecule has 22 heavy (non-hydrogen) atoms. The number of hydrogen-bond acceptors (Lipinski definition) is 2. The van der Waals surface area contributed by atoms with E-state index in [-0.39, 0.29) is 24.0 Å². The summed E-state index contributed by atoms with van der Waals surface area (Å²) in [6.45, 7) is 6.84. The first-order valence-electron chi connectivity index (χ1n) is 8.37. The van der Waals surface area contributed by atoms with Crippen molar-refractivity contribution in [3.05, 3.63) is 18.0 Å². The van der Waals surface area contributed by atoms with E-state index in [2.05, 4.69) is 39.7 Å². The number of hydrogen-bond donors (Lipinski definition) is 3. The van der Waals surface area contributed by atoms with Crippen LogP contribution in [0.3, 0.4) is 0 Å². The van der Waals surface area contributed by atoms with Crippen LogP contribution in [-0.4, -0.2) is 29.2 Å². The molecule has 3 N–H and O–H groups in total. The fraction of sp³-hybridized carbons (Fsp3) is 0.750. The van der Waals surface area contributed by atoms with Gasteiger partial charge in [0.2, 0.25) is 0 Å². The summed E-state index contributed by atoms with van der Waals surface area (Å²) < 4.78 is 0. The normalized spacial score (nSPS) is 11.1. The SMILES string of the molecule is CCCCCCCCCNC(=NCc1ccn[nH]1)NCC.I. The molecule has 0 aromatic carbocycles. The number of nitrogens with zero attached hydrogens (tertiary/aromatic N) is 2. The molecular formula is C16H32IN5. The van der Waals surface area contributed by atoms with Crippen molar-refractivity contribution >= 4 is 29.9 Å². The predicted molar refractivity (Wildman–Crippen MR) is 105 cm³/mol. The van der Waals surface area contributed by atoms with Crippen LogP contribution in [0.4, 0.5) is 0 Å². The molecule has 1 aromatic rings. The van der Waals surface area contributed by atoms with Gasteiger partial charge in [0.1, 0.15) is 0 Å². The number of unbranched alkanes of at least 4 members (excludes halogenated alkanes) is 6. The summed E-state index contributed by atoms with van der Waals surface area (Å²) >= 11 is 0. The maximum atomic E-state index is 4.54. The Hall–Kier alpha value is -0.790. The third-order valence-electron chi connectivity index (χ3n) is 3.38. The van der Waals surface area contributed by atoms with Gasteiger partial charge in [-0.05, 0) is 19.4 Å². The van der Waals surface area contributed by atoms with Crippen LogP contribution >= 0.6 is 24.0 Å². The molecule has 5 nitrogen and oxygen atoms in total. The predicted octanol–water partition coefficient (Wildman–Crippen LogP) is 3.83. The van der Waals surface area contributed by atoms with Crippen LogP contribution in [0.5, 0.6) is 0 Å². The molecule has 0 saturated carbocycles. The Kier molecular flexibility index (Phi) is 14.6. The van der Waals surface area contributed by atoms with E-state index >= 15 is 0 Å². The van der Waals surface area contributed by atoms with E-state index in [0.29, 0.717) is 6.54 Å². The molecule has 0 aliphatic heterocycles. The zero-order valence-electron chi connectivity index (χ0n) is 14.0. The third-order valence-corrected chi connectivity index (χ3v) is 3.38. The summed E-state index contributed by atoms with van der Waals surface area (Å²) in [5, 5.41) is 13.5. The molecular weight excluding hydrogens is 389 g/mol. The van der Waals surface area contributed by atoms with Crippen molar-refractivity contribution in [2.24, 2.45) is 4.99 Å². The lowest BCUT2D eigenvalue weighted by Gasteiger charge is -2.10. The van der Waals surface area contributed by atoms with Crippen LogP contribution in [0, 0.1) is 0 Å². The molecule has 0 spiro atoms. The maximum absolute atomic E-state index is 4.54. The van der Waals surface area contributed by atoms with Gasteiger partial charge in [-0.1, -0.05) is 45.4 Å². The molecule has 6 heteroatoms. The minimum absolute atomic E-state index is 0. The van der Waals surface area contributed by atoms with Gasteiger partial charge in [-0.3, -0.25) is 5.10 Å². The summed E-state index contributed by atoms with van der Waals surface area (Å²) in [6, 6.07) is 1.95. The first kappa shape index (κ1) is 21.2. The molecule has 0 fully saturated rings. The highest BCUT2D eigenvalue weighted by molar-refractivity contribution is 14.0. The van der Waals surface area contributed by atoms with E-state index in [4.69, 9.17) is 0 Å². The second kappa shape index (κ2) is 15.1. The monoisotopic (exact) mass is 421 g/mol. The molecule has 1 aromatic heterocycles. The minimum atomic E-state index is 0. The van der Waals surface area contributed by atoms with Crippen LogP contribution in [0.2, 0.25) is 0 Å². The zero-order valence-corrected chi connectivity index (χ0v) is 16.4. The summed E-state index contributed by atoms with van der Waals surface area (Å²) in [7, 11) is 0. The number of halogens is 1. The van der Waals surface area contributed by atoms with E-state index < -0.39 is 0 Å². The second-order valence-corrected chi connectivity index (χ2v) is 5.33. The zero-order chi connectivity index (χ0) is 15.2. The Morgan fingerprint density at radius 3 is 2.45 bits per heavy atom. The van der Waals surface area contributed by atoms with Gasteiger partial charge in [0, 0.05) is 19.3 Å². The molecule has 0 bridgehead atoms. The Labute approximate surface area is 152 Å². The van der Waals surface area contributed by atoms with Gasteiger partial charge >= 0.3 is 0 Å². The van der Waals surface area contributed by atoms with Crippen LogP contribution in [-0.2, 0) is 6.54 Å². The first-order chi connectivity index (χ1) is 10.4. The smallest absolute Gasteiger partial charge is 0.191 e. The topological polar surface area (TPSA) is 65.1 Å². The highest BCUT2D eigenvalue weighted by Crippen LogP contribution is 2.06. The number of aromatic nitrogens is 2. The average Bonchev–Trinajstić information content (AvgIpc) is 3.00. The molecule has 1 rings (SSSR count). The van der Waals surface area contributed by atoms with E-state index in [1.165, 1.54) is 44.9 Å². The second-order valence-electron chi connectivity index (χ2n) is 5.33. The molecule has 0 atom stereocenters. The quantitative estimate of drug-likeness (QED) is 0.220. The Bertz CT molecular complexity index is 365. The standard InChI is InChI=1S/C16H31N5.HI/c1-3-5-6-7-8-9-10-12-18-16(17-4-2)19-14-15-11-13-20-21-15;/h11,13H,3-10,12,14H2,1-2H3,(H,20,21)(H2,17,18,19);1H. The van der Waals surface area contributed by atoms with E-state index in [9.17, 15) is 0 Å². The van der Waals surface area contributed by atoms with Crippen LogP contribution in [0.15, 0.2) is 17.3 Å². The molecule has 0 saturated heterocycles. The van der Waals surface area contributed by atoms with Crippen LogP contribution in [0.25, 0.3) is 0 Å². The fourth-order valence-corrected chi connectivity index (χ4v) is 2.17. The number of aromatic amines is 1. The Morgan fingerprint density at radius 1 is 1.09 bits per heavy atom. The molecule has 0 aliphatic carbocycles. The van der Waals surface area contributed by atoms with Crippen molar-refractivity contribution in [1.82, 2.24) is 20.8 Å². The lowest BCUT2D eigenvalue weighted by atomic mass is 10.1. The van der Waals surface area contributed by atoms with Crippen molar-refractivity contribution in [3.63, 3.8) is 0 Å². The van der Waals surface area contributed by atoms with Crippen LogP contribution < -0.4 is 10.6 Å². The summed E-state index contributed by atoms with van der Waals surface area (Å²) in [5.74, 6) is 0.887. The Balaban J connectivity index is 0.00000441. The van der Waals surface area contributed by atoms with E-state index in [1.54, 1.807) is 6.20 Å². The minimum Gasteiger partial charge on any atom is -0.357 e. The molecule has 0 radical (unpaired) electrons. The number of nitrogens with one attached hydrogen (secondary N) is 3. The van der Waals surface area contributed by atoms with Crippen molar-refractivity contribution in [2.45, 2.75) is 65.3 Å². The van der Waals surface area contributed by atoms with Gasteiger partial charge in [-0.2, -0.15) is 5.10 Å². The van der Waals surface area contributed by atoms with Crippen molar-refractivity contribution < 1.29 is 0 Å². The lowest BCUT2D eigenvalue weighted by Crippen LogP contribution is -2.37. The van der Waals surface area contributed by atoms with Gasteiger partial charge in [-0.25, -0.2) is 4.99 Å². The summed E-state index contributed by atoms with van der Waals surface area (Å²) in [6.07, 6.45) is 11.1. The Morgan fingerprint density at radius 2 is 1.82 bits per heavy atom.